The van der Waals surface area contributed by atoms with E-state index in [9.17, 15) is 0 Å². The average molecular weight is 397 g/mol. The number of fused-ring (bicyclic) bond motifs is 3. The van der Waals surface area contributed by atoms with Gasteiger partial charge in [-0.25, -0.2) is 0 Å². The van der Waals surface area contributed by atoms with Crippen LogP contribution in [0.2, 0.25) is 0 Å². The van der Waals surface area contributed by atoms with Gasteiger partial charge in [0.25, 0.3) is 0 Å². The van der Waals surface area contributed by atoms with Gasteiger partial charge < -0.3 is 0 Å². The third kappa shape index (κ3) is 3.49. The normalized spacial score (nSPS) is 29.8. The van der Waals surface area contributed by atoms with Gasteiger partial charge in [-0.05, 0) is 81.3 Å². The van der Waals surface area contributed by atoms with E-state index >= 15 is 0 Å². The van der Waals surface area contributed by atoms with Crippen molar-refractivity contribution in [1.82, 2.24) is 0 Å². The molecule has 5 unspecified atom stereocenters. The van der Waals surface area contributed by atoms with Gasteiger partial charge in [-0.15, -0.1) is 0 Å². The largest absolute Gasteiger partial charge is 0.0805 e. The van der Waals surface area contributed by atoms with Crippen LogP contribution in [0.5, 0.6) is 0 Å². The maximum Gasteiger partial charge on any atom is 0.0127 e. The summed E-state index contributed by atoms with van der Waals surface area (Å²) in [5, 5.41) is 0. The predicted octanol–water partition coefficient (Wildman–Crippen LogP) is 7.85. The summed E-state index contributed by atoms with van der Waals surface area (Å²) in [6, 6.07) is 14.6. The van der Waals surface area contributed by atoms with E-state index in [1.807, 2.05) is 0 Å². The first kappa shape index (κ1) is 19.9. The maximum atomic E-state index is 2.56. The second-order valence-electron chi connectivity index (χ2n) is 10.4. The summed E-state index contributed by atoms with van der Waals surface area (Å²) in [4.78, 5) is 0. The number of hydrogen-bond donors (Lipinski definition) is 0. The maximum absolute atomic E-state index is 2.56. The molecule has 0 saturated heterocycles. The summed E-state index contributed by atoms with van der Waals surface area (Å²) in [5.74, 6) is 4.31. The van der Waals surface area contributed by atoms with Gasteiger partial charge >= 0.3 is 0 Å². The quantitative estimate of drug-likeness (QED) is 0.495. The van der Waals surface area contributed by atoms with Gasteiger partial charge in [-0.2, -0.15) is 0 Å². The van der Waals surface area contributed by atoms with Gasteiger partial charge in [0.1, 0.15) is 0 Å². The van der Waals surface area contributed by atoms with Gasteiger partial charge in [-0.1, -0.05) is 95.8 Å². The Balaban J connectivity index is 1.69. The van der Waals surface area contributed by atoms with Crippen molar-refractivity contribution in [1.29, 1.82) is 0 Å². The predicted molar refractivity (Wildman–Crippen MR) is 128 cm³/mol. The molecule has 156 valence electrons. The molecule has 2 saturated carbocycles. The van der Waals surface area contributed by atoms with E-state index < -0.39 is 0 Å². The van der Waals surface area contributed by atoms with Crippen molar-refractivity contribution >= 4 is 0 Å². The summed E-state index contributed by atoms with van der Waals surface area (Å²) in [6.45, 7) is 9.05. The zero-order chi connectivity index (χ0) is 20.8. The minimum atomic E-state index is 0.485. The molecule has 0 heterocycles. The van der Waals surface area contributed by atoms with Crippen molar-refractivity contribution in [2.75, 3.05) is 0 Å². The van der Waals surface area contributed by atoms with Gasteiger partial charge in [0.05, 0.1) is 0 Å². The first-order valence-corrected chi connectivity index (χ1v) is 12.0. The summed E-state index contributed by atoms with van der Waals surface area (Å²) in [7, 11) is 0. The van der Waals surface area contributed by atoms with Crippen LogP contribution in [0.15, 0.2) is 60.7 Å². The molecule has 0 aromatic heterocycles. The first-order valence-electron chi connectivity index (χ1n) is 12.0. The molecule has 5 rings (SSSR count). The zero-order valence-electron chi connectivity index (χ0n) is 19.1. The molecule has 0 amide bonds. The molecule has 0 nitrogen and oxygen atoms in total. The molecule has 3 aliphatic rings. The average Bonchev–Trinajstić information content (AvgIpc) is 3.02. The monoisotopic (exact) mass is 396 g/mol. The Morgan fingerprint density at radius 2 is 1.07 bits per heavy atom. The Morgan fingerprint density at radius 3 is 1.60 bits per heavy atom. The number of hydrogen-bond acceptors (Lipinski definition) is 0. The first-order chi connectivity index (χ1) is 14.5. The van der Waals surface area contributed by atoms with E-state index in [1.54, 1.807) is 0 Å². The fourth-order valence-corrected chi connectivity index (χ4v) is 7.37. The molecule has 3 aliphatic carbocycles. The molecule has 2 aromatic rings. The van der Waals surface area contributed by atoms with Gasteiger partial charge in [0, 0.05) is 5.92 Å². The van der Waals surface area contributed by atoms with E-state index in [1.165, 1.54) is 59.1 Å². The van der Waals surface area contributed by atoms with Crippen LogP contribution in [0.3, 0.4) is 0 Å². The summed E-state index contributed by atoms with van der Waals surface area (Å²) < 4.78 is 0. The lowest BCUT2D eigenvalue weighted by molar-refractivity contribution is 0.202. The van der Waals surface area contributed by atoms with Crippen LogP contribution in [0.1, 0.15) is 65.0 Å². The van der Waals surface area contributed by atoms with Crippen LogP contribution < -0.4 is 0 Å². The summed E-state index contributed by atoms with van der Waals surface area (Å²) in [6.07, 6.45) is 15.4. The van der Waals surface area contributed by atoms with E-state index in [0.717, 1.165) is 17.8 Å². The van der Waals surface area contributed by atoms with Crippen LogP contribution >= 0.6 is 0 Å². The van der Waals surface area contributed by atoms with Gasteiger partial charge in [0.15, 0.2) is 0 Å². The molecule has 0 heteroatoms. The molecule has 2 fully saturated rings. The molecule has 0 N–H and O–H groups in total. The lowest BCUT2D eigenvalue weighted by Gasteiger charge is -2.36. The number of allylic oxidation sites excluding steroid dienone is 4. The minimum Gasteiger partial charge on any atom is -0.0805 e. The van der Waals surface area contributed by atoms with Crippen LogP contribution in [-0.2, 0) is 0 Å². The van der Waals surface area contributed by atoms with Crippen molar-refractivity contribution in [3.05, 3.63) is 94.1 Å². The highest BCUT2D eigenvalue weighted by Gasteiger charge is 2.52. The molecule has 30 heavy (non-hydrogen) atoms. The molecular formula is C30H36. The molecular weight excluding hydrogens is 360 g/mol. The SMILES string of the molecule is Cc1cc(C)cc(C(c2cc(C)cc(C)c2)C2C3C=CC=CC3C3CCCCC32)c1. The highest BCUT2D eigenvalue weighted by atomic mass is 14.6. The standard InChI is InChI=1S/C30H36/c1-19-13-20(2)16-23(15-19)29(24-17-21(3)14-22(4)18-24)30-27-11-7-5-9-25(27)26-10-6-8-12-28(26)30/h5,7,9,11,13-18,25-30H,6,8,10,12H2,1-4H3. The smallest absolute Gasteiger partial charge is 0.0127 e. The Labute approximate surface area is 183 Å². The summed E-state index contributed by atoms with van der Waals surface area (Å²) in [5.41, 5.74) is 8.66. The number of rotatable bonds is 3. The second kappa shape index (κ2) is 7.88. The lowest BCUT2D eigenvalue weighted by Crippen LogP contribution is -2.27. The highest BCUT2D eigenvalue weighted by molar-refractivity contribution is 5.42. The Hall–Kier alpha value is -2.08. The minimum absolute atomic E-state index is 0.485. The van der Waals surface area contributed by atoms with Crippen LogP contribution in [-0.4, -0.2) is 0 Å². The Kier molecular flexibility index (Phi) is 5.21. The van der Waals surface area contributed by atoms with Crippen molar-refractivity contribution < 1.29 is 0 Å². The Morgan fingerprint density at radius 1 is 0.600 bits per heavy atom. The third-order valence-corrected chi connectivity index (χ3v) is 8.12. The van der Waals surface area contributed by atoms with Crippen molar-refractivity contribution in [3.8, 4) is 0 Å². The van der Waals surface area contributed by atoms with Crippen molar-refractivity contribution in [3.63, 3.8) is 0 Å². The second-order valence-corrected chi connectivity index (χ2v) is 10.4. The topological polar surface area (TPSA) is 0 Å². The van der Waals surface area contributed by atoms with Crippen molar-refractivity contribution in [2.45, 2.75) is 59.3 Å². The number of benzene rings is 2. The molecule has 0 bridgehead atoms. The van der Waals surface area contributed by atoms with Crippen LogP contribution in [0.25, 0.3) is 0 Å². The fourth-order valence-electron chi connectivity index (χ4n) is 7.37. The van der Waals surface area contributed by atoms with Crippen LogP contribution in [0, 0.1) is 57.3 Å². The van der Waals surface area contributed by atoms with E-state index in [-0.39, 0.29) is 0 Å². The Bertz CT molecular complexity index is 899. The fraction of sp³-hybridized carbons (Fsp3) is 0.467. The van der Waals surface area contributed by atoms with Crippen molar-refractivity contribution in [2.24, 2.45) is 29.6 Å². The third-order valence-electron chi connectivity index (χ3n) is 8.12. The lowest BCUT2D eigenvalue weighted by atomic mass is 9.68. The van der Waals surface area contributed by atoms with E-state index in [0.29, 0.717) is 17.8 Å². The summed E-state index contributed by atoms with van der Waals surface area (Å²) >= 11 is 0. The van der Waals surface area contributed by atoms with Crippen LogP contribution in [0.4, 0.5) is 0 Å². The molecule has 0 spiro atoms. The van der Waals surface area contributed by atoms with Gasteiger partial charge in [-0.3, -0.25) is 0 Å². The molecule has 0 radical (unpaired) electrons. The van der Waals surface area contributed by atoms with Gasteiger partial charge in [0.2, 0.25) is 0 Å². The molecule has 0 aliphatic heterocycles. The number of aryl methyl sites for hydroxylation is 4. The molecule has 5 atom stereocenters. The zero-order valence-corrected chi connectivity index (χ0v) is 19.1. The van der Waals surface area contributed by atoms with E-state index in [4.69, 9.17) is 0 Å². The molecule has 2 aromatic carbocycles. The highest BCUT2D eigenvalue weighted by Crippen LogP contribution is 2.59. The van der Waals surface area contributed by atoms with E-state index in [2.05, 4.69) is 88.4 Å².